The first-order chi connectivity index (χ1) is 33.9. The first-order valence-electron chi connectivity index (χ1n) is 22.1. The van der Waals surface area contributed by atoms with Gasteiger partial charge in [0.1, 0.15) is 0 Å². The van der Waals surface area contributed by atoms with Gasteiger partial charge in [-0.1, -0.05) is 111 Å². The van der Waals surface area contributed by atoms with Gasteiger partial charge in [0.2, 0.25) is 20.0 Å². The van der Waals surface area contributed by atoms with E-state index in [4.69, 9.17) is 33.2 Å². The largest absolute Gasteiger partial charge is 0.488 e. The lowest BCUT2D eigenvalue weighted by Gasteiger charge is -2.18. The van der Waals surface area contributed by atoms with Gasteiger partial charge in [0.05, 0.1) is 35.0 Å². The van der Waals surface area contributed by atoms with Crippen molar-refractivity contribution in [1.29, 1.82) is 0 Å². The fraction of sp³-hybridized carbons (Fsp3) is 0.208. The van der Waals surface area contributed by atoms with Crippen LogP contribution in [0.25, 0.3) is 33.2 Å². The molecule has 8 rings (SSSR count). The predicted molar refractivity (Wildman–Crippen MR) is 292 cm³/mol. The molecule has 0 saturated carbocycles. The van der Waals surface area contributed by atoms with Gasteiger partial charge in [-0.15, -0.1) is 0 Å². The minimum atomic E-state index is -3.98. The molecule has 0 spiro atoms. The molecular formula is C48H50BCl2IN6O10S4. The van der Waals surface area contributed by atoms with Crippen LogP contribution in [0.5, 0.6) is 0 Å². The highest BCUT2D eigenvalue weighted by molar-refractivity contribution is 14.1. The molecule has 0 amide bonds. The Kier molecular flexibility index (Phi) is 18.2. The Morgan fingerprint density at radius 1 is 0.556 bits per heavy atom. The van der Waals surface area contributed by atoms with Crippen molar-refractivity contribution < 1.29 is 43.7 Å². The van der Waals surface area contributed by atoms with Crippen LogP contribution in [0.1, 0.15) is 38.8 Å². The molecule has 16 nitrogen and oxygen atoms in total. The molecule has 0 unspecified atom stereocenters. The summed E-state index contributed by atoms with van der Waals surface area (Å²) in [4.78, 5) is 9.00. The van der Waals surface area contributed by atoms with Crippen LogP contribution in [0.15, 0.2) is 154 Å². The number of rotatable bonds is 14. The Bertz CT molecular complexity index is 3710. The van der Waals surface area contributed by atoms with E-state index >= 15 is 0 Å². The topological polar surface area (TPSA) is 219 Å². The van der Waals surface area contributed by atoms with Gasteiger partial charge in [-0.3, -0.25) is 0 Å². The molecule has 4 heterocycles. The Morgan fingerprint density at radius 2 is 0.972 bits per heavy atom. The molecular weight excluding hydrogens is 1160 g/mol. The van der Waals surface area contributed by atoms with Crippen LogP contribution in [0.2, 0.25) is 10.0 Å². The zero-order valence-electron chi connectivity index (χ0n) is 39.7. The fourth-order valence-electron chi connectivity index (χ4n) is 7.45. The SMILES string of the molecule is CCN(CC)S(=O)(=O)c1cccc(-c2cn(S(=O)(=O)c3ccc(C)cc3)c3nccc(Cl)c23)c1.CCN(CC)S(=O)(=O)c1cccc(B(O)O)c1.Cc1ccc(S(=O)(=O)n2cc(I)c3c(Cl)ccnc32)cc1. The van der Waals surface area contributed by atoms with Crippen molar-refractivity contribution in [2.45, 2.75) is 61.1 Å². The van der Waals surface area contributed by atoms with E-state index in [2.05, 4.69) is 32.6 Å². The van der Waals surface area contributed by atoms with Crippen LogP contribution in [-0.2, 0) is 40.1 Å². The van der Waals surface area contributed by atoms with Gasteiger partial charge in [-0.05, 0) is 108 Å². The molecule has 0 saturated heterocycles. The number of hydrogen-bond donors (Lipinski definition) is 2. The summed E-state index contributed by atoms with van der Waals surface area (Å²) in [6, 6.07) is 28.6. The van der Waals surface area contributed by atoms with Crippen LogP contribution in [0.4, 0.5) is 0 Å². The molecule has 72 heavy (non-hydrogen) atoms. The second kappa shape index (κ2) is 23.2. The number of halogens is 3. The third-order valence-electron chi connectivity index (χ3n) is 11.3. The molecule has 0 aliphatic carbocycles. The molecule has 0 atom stereocenters. The van der Waals surface area contributed by atoms with Crippen molar-refractivity contribution in [3.8, 4) is 11.1 Å². The Morgan fingerprint density at radius 3 is 1.43 bits per heavy atom. The van der Waals surface area contributed by atoms with Gasteiger partial charge in [-0.25, -0.2) is 51.6 Å². The molecule has 380 valence electrons. The van der Waals surface area contributed by atoms with Crippen LogP contribution in [-0.4, -0.2) is 104 Å². The average molecular weight is 1210 g/mol. The van der Waals surface area contributed by atoms with E-state index in [1.54, 1.807) is 94.6 Å². The quantitative estimate of drug-likeness (QED) is 0.0778. The standard InChI is InChI=1S/C24H24ClN3O4S2.C14H10ClIN2O2S.C10H16BNO4S/c1-4-27(5-2)33(29,30)20-8-6-7-18(15-20)21-16-28(24-23(21)22(25)13-14-26-24)34(31,32)19-11-9-17(3)10-12-19;1-9-2-4-10(5-3-9)21(19,20)18-8-12(16)13-11(15)6-7-17-14(13)18;1-3-12(4-2)17(15,16)10-7-5-6-9(8-10)11(13)14/h6-16H,4-5H2,1-3H3;2-8H,1H3;5-8,13-14H,3-4H2,1-2H3. The number of hydrogen-bond acceptors (Lipinski definition) is 12. The minimum Gasteiger partial charge on any atom is -0.423 e. The van der Waals surface area contributed by atoms with Gasteiger partial charge < -0.3 is 10.0 Å². The second-order valence-electron chi connectivity index (χ2n) is 15.9. The lowest BCUT2D eigenvalue weighted by molar-refractivity contribution is 0.425. The summed E-state index contributed by atoms with van der Waals surface area (Å²) in [7, 11) is -16.6. The normalized spacial score (nSPS) is 12.2. The molecule has 0 aliphatic heterocycles. The van der Waals surface area contributed by atoms with E-state index in [0.717, 1.165) is 18.7 Å². The summed E-state index contributed by atoms with van der Waals surface area (Å²) < 4.78 is 109. The Labute approximate surface area is 444 Å². The lowest BCUT2D eigenvalue weighted by Crippen LogP contribution is -2.33. The van der Waals surface area contributed by atoms with E-state index in [1.807, 2.05) is 13.8 Å². The zero-order chi connectivity index (χ0) is 52.9. The first-order valence-corrected chi connectivity index (χ1v) is 29.7. The predicted octanol–water partition coefficient (Wildman–Crippen LogP) is 8.17. The number of pyridine rings is 2. The average Bonchev–Trinajstić information content (AvgIpc) is 3.93. The number of nitrogens with zero attached hydrogens (tertiary/aromatic N) is 6. The molecule has 2 N–H and O–H groups in total. The monoisotopic (exact) mass is 1210 g/mol. The highest BCUT2D eigenvalue weighted by atomic mass is 127. The molecule has 4 aromatic heterocycles. The maximum absolute atomic E-state index is 13.5. The molecule has 0 fully saturated rings. The minimum absolute atomic E-state index is 0.0757. The van der Waals surface area contributed by atoms with Crippen molar-refractivity contribution in [3.63, 3.8) is 0 Å². The van der Waals surface area contributed by atoms with Crippen molar-refractivity contribution in [2.24, 2.45) is 0 Å². The van der Waals surface area contributed by atoms with Gasteiger partial charge in [0.15, 0.2) is 11.3 Å². The van der Waals surface area contributed by atoms with Gasteiger partial charge in [0, 0.05) is 65.5 Å². The molecule has 8 aromatic rings. The van der Waals surface area contributed by atoms with E-state index in [-0.39, 0.29) is 30.7 Å². The highest BCUT2D eigenvalue weighted by Crippen LogP contribution is 2.37. The van der Waals surface area contributed by atoms with Gasteiger partial charge in [0.25, 0.3) is 20.0 Å². The summed E-state index contributed by atoms with van der Waals surface area (Å²) >= 11 is 14.7. The van der Waals surface area contributed by atoms with Crippen molar-refractivity contribution in [1.82, 2.24) is 26.5 Å². The molecule has 0 bridgehead atoms. The summed E-state index contributed by atoms with van der Waals surface area (Å²) in [5.41, 5.74) is 3.60. The van der Waals surface area contributed by atoms with E-state index in [9.17, 15) is 33.7 Å². The fourth-order valence-corrected chi connectivity index (χ4v) is 14.7. The van der Waals surface area contributed by atoms with Crippen LogP contribution in [0, 0.1) is 17.4 Å². The Balaban J connectivity index is 0.000000191. The van der Waals surface area contributed by atoms with E-state index in [0.29, 0.717) is 63.8 Å². The third-order valence-corrected chi connectivity index (χ3v) is 20.2. The van der Waals surface area contributed by atoms with Crippen LogP contribution < -0.4 is 5.46 Å². The Hall–Kier alpha value is -4.73. The van der Waals surface area contributed by atoms with Crippen molar-refractivity contribution >= 4 is 121 Å². The third kappa shape index (κ3) is 11.8. The summed E-state index contributed by atoms with van der Waals surface area (Å²) in [6.45, 7) is 12.3. The lowest BCUT2D eigenvalue weighted by atomic mass is 9.80. The van der Waals surface area contributed by atoms with Crippen LogP contribution >= 0.6 is 45.8 Å². The number of aryl methyl sites for hydroxylation is 2. The molecule has 0 radical (unpaired) electrons. The molecule has 24 heteroatoms. The zero-order valence-corrected chi connectivity index (χ0v) is 46.7. The smallest absolute Gasteiger partial charge is 0.423 e. The summed E-state index contributed by atoms with van der Waals surface area (Å²) in [5, 5.41) is 19.9. The van der Waals surface area contributed by atoms with Gasteiger partial charge in [-0.2, -0.15) is 8.61 Å². The van der Waals surface area contributed by atoms with E-state index < -0.39 is 47.2 Å². The number of fused-ring (bicyclic) bond motifs is 2. The van der Waals surface area contributed by atoms with E-state index in [1.165, 1.54) is 79.7 Å². The van der Waals surface area contributed by atoms with Crippen molar-refractivity contribution in [2.75, 3.05) is 26.2 Å². The number of aromatic nitrogens is 4. The van der Waals surface area contributed by atoms with Gasteiger partial charge >= 0.3 is 7.12 Å². The molecule has 4 aromatic carbocycles. The maximum atomic E-state index is 13.5. The number of sulfonamides is 2. The summed E-state index contributed by atoms with van der Waals surface area (Å²) in [5.74, 6) is 0. The highest BCUT2D eigenvalue weighted by Gasteiger charge is 2.28. The second-order valence-corrected chi connectivity index (χ2v) is 25.4. The van der Waals surface area contributed by atoms with Crippen molar-refractivity contribution in [3.05, 3.63) is 159 Å². The van der Waals surface area contributed by atoms with Crippen LogP contribution in [0.3, 0.4) is 0 Å². The molecule has 0 aliphatic rings. The number of benzene rings is 4. The summed E-state index contributed by atoms with van der Waals surface area (Å²) in [6.07, 6.45) is 5.93. The maximum Gasteiger partial charge on any atom is 0.488 e. The first kappa shape index (κ1) is 56.6.